The molecule has 0 aliphatic heterocycles. The molecule has 0 aliphatic rings. The average molecular weight is 317 g/mol. The summed E-state index contributed by atoms with van der Waals surface area (Å²) in [6.45, 7) is 0. The van der Waals surface area contributed by atoms with Gasteiger partial charge in [-0.3, -0.25) is 10.1 Å². The van der Waals surface area contributed by atoms with Gasteiger partial charge in [-0.2, -0.15) is 0 Å². The number of aliphatic hydroxyl groups is 2. The number of benzene rings is 1. The first-order valence-electron chi connectivity index (χ1n) is 5.50. The first kappa shape index (κ1) is 19.5. The number of aliphatic hydroxyl groups excluding tert-OH is 2. The third-order valence-electron chi connectivity index (χ3n) is 2.18. The van der Waals surface area contributed by atoms with Gasteiger partial charge in [-0.15, -0.1) is 0 Å². The Kier molecular flexibility index (Phi) is 7.68. The summed E-state index contributed by atoms with van der Waals surface area (Å²) < 4.78 is 0. The van der Waals surface area contributed by atoms with Crippen molar-refractivity contribution >= 4 is 30.2 Å². The minimum Gasteiger partial charge on any atom is -0.479 e. The number of nitro benzene ring substituents is 1. The largest absolute Gasteiger partial charge is 0.488 e. The van der Waals surface area contributed by atoms with E-state index in [4.69, 9.17) is 30.5 Å². The van der Waals surface area contributed by atoms with Crippen LogP contribution in [0.4, 0.5) is 5.69 Å². The van der Waals surface area contributed by atoms with Gasteiger partial charge in [0.2, 0.25) is 0 Å². The van der Waals surface area contributed by atoms with Gasteiger partial charge in [0.15, 0.2) is 12.2 Å². The molecular formula is C10H12BNO10. The zero-order valence-corrected chi connectivity index (χ0v) is 10.8. The molecule has 0 amide bonds. The molecule has 0 aliphatic carbocycles. The number of aliphatic carboxylic acids is 2. The number of carboxylic acid groups (broad SMARTS) is 2. The van der Waals surface area contributed by atoms with E-state index in [1.165, 1.54) is 18.2 Å². The lowest BCUT2D eigenvalue weighted by molar-refractivity contribution is -0.384. The fraction of sp³-hybridized carbons (Fsp3) is 0.200. The molecule has 120 valence electrons. The summed E-state index contributed by atoms with van der Waals surface area (Å²) in [6.07, 6.45) is -4.53. The summed E-state index contributed by atoms with van der Waals surface area (Å²) in [6, 6.07) is 5.20. The van der Waals surface area contributed by atoms with Crippen LogP contribution in [0.5, 0.6) is 0 Å². The molecule has 0 heterocycles. The standard InChI is InChI=1S/C6H6BNO4.C4H6O6/c9-7(10)5-2-1-3-6(4-5)8(11)12;5-1(3(7)8)2(6)4(9)10/h1-4,9-10H;1-2,5-6H,(H,7,8)(H,9,10). The first-order chi connectivity index (χ1) is 10.1. The molecule has 1 aromatic carbocycles. The van der Waals surface area contributed by atoms with E-state index in [0.717, 1.165) is 6.07 Å². The molecule has 2 atom stereocenters. The van der Waals surface area contributed by atoms with Gasteiger partial charge in [-0.05, 0) is 5.46 Å². The number of hydrogen-bond donors (Lipinski definition) is 6. The van der Waals surface area contributed by atoms with Crippen LogP contribution >= 0.6 is 0 Å². The maximum absolute atomic E-state index is 10.2. The predicted molar refractivity (Wildman–Crippen MR) is 70.2 cm³/mol. The Morgan fingerprint density at radius 3 is 1.86 bits per heavy atom. The quantitative estimate of drug-likeness (QED) is 0.186. The third-order valence-corrected chi connectivity index (χ3v) is 2.18. The Morgan fingerprint density at radius 1 is 1.09 bits per heavy atom. The smallest absolute Gasteiger partial charge is 0.479 e. The van der Waals surface area contributed by atoms with E-state index < -0.39 is 36.2 Å². The minimum atomic E-state index is -2.27. The van der Waals surface area contributed by atoms with Gasteiger partial charge in [0.1, 0.15) is 0 Å². The summed E-state index contributed by atoms with van der Waals surface area (Å²) in [5.41, 5.74) is -0.0372. The number of carbonyl (C=O) groups is 2. The van der Waals surface area contributed by atoms with Crippen LogP contribution in [0.25, 0.3) is 0 Å². The van der Waals surface area contributed by atoms with Gasteiger partial charge < -0.3 is 30.5 Å². The summed E-state index contributed by atoms with van der Waals surface area (Å²) in [5.74, 6) is -3.54. The monoisotopic (exact) mass is 317 g/mol. The molecule has 0 radical (unpaired) electrons. The fourth-order valence-electron chi connectivity index (χ4n) is 1.07. The Balaban J connectivity index is 0.000000409. The van der Waals surface area contributed by atoms with Crippen LogP contribution in [-0.4, -0.2) is 66.7 Å². The van der Waals surface area contributed by atoms with Crippen molar-refractivity contribution in [2.45, 2.75) is 12.2 Å². The van der Waals surface area contributed by atoms with E-state index in [1.54, 1.807) is 0 Å². The van der Waals surface area contributed by atoms with Crippen LogP contribution < -0.4 is 5.46 Å². The van der Waals surface area contributed by atoms with Crippen LogP contribution in [0.15, 0.2) is 24.3 Å². The topological polar surface area (TPSA) is 199 Å². The summed E-state index contributed by atoms with van der Waals surface area (Å²) in [4.78, 5) is 29.2. The highest BCUT2D eigenvalue weighted by Gasteiger charge is 2.29. The summed E-state index contributed by atoms with van der Waals surface area (Å²) in [5, 5.41) is 60.1. The van der Waals surface area contributed by atoms with Crippen molar-refractivity contribution in [3.8, 4) is 0 Å². The number of nitrogens with zero attached hydrogens (tertiary/aromatic N) is 1. The fourth-order valence-corrected chi connectivity index (χ4v) is 1.07. The summed E-state index contributed by atoms with van der Waals surface area (Å²) in [7, 11) is -1.66. The molecule has 0 bridgehead atoms. The maximum Gasteiger partial charge on any atom is 0.488 e. The molecule has 22 heavy (non-hydrogen) atoms. The number of nitro groups is 1. The Hall–Kier alpha value is -2.54. The van der Waals surface area contributed by atoms with Crippen molar-refractivity contribution in [1.82, 2.24) is 0 Å². The second kappa shape index (κ2) is 8.69. The van der Waals surface area contributed by atoms with E-state index in [0.29, 0.717) is 0 Å². The second-order valence-electron chi connectivity index (χ2n) is 3.79. The van der Waals surface area contributed by atoms with Gasteiger partial charge in [-0.1, -0.05) is 12.1 Å². The van der Waals surface area contributed by atoms with E-state index >= 15 is 0 Å². The van der Waals surface area contributed by atoms with Crippen molar-refractivity contribution in [1.29, 1.82) is 0 Å². The van der Waals surface area contributed by atoms with Crippen LogP contribution in [0.3, 0.4) is 0 Å². The highest BCUT2D eigenvalue weighted by Crippen LogP contribution is 2.06. The molecule has 1 aromatic rings. The van der Waals surface area contributed by atoms with Crippen molar-refractivity contribution < 1.29 is 45.0 Å². The first-order valence-corrected chi connectivity index (χ1v) is 5.50. The van der Waals surface area contributed by atoms with Crippen LogP contribution in [0.1, 0.15) is 0 Å². The number of hydrogen-bond acceptors (Lipinski definition) is 8. The molecule has 12 heteroatoms. The summed E-state index contributed by atoms with van der Waals surface area (Å²) >= 11 is 0. The van der Waals surface area contributed by atoms with Crippen molar-refractivity contribution in [2.24, 2.45) is 0 Å². The predicted octanol–water partition coefficient (Wildman–Crippen LogP) is -2.85. The molecule has 2 unspecified atom stereocenters. The van der Waals surface area contributed by atoms with E-state index in [2.05, 4.69) is 0 Å². The molecule has 6 N–H and O–H groups in total. The number of rotatable bonds is 5. The zero-order chi connectivity index (χ0) is 17.4. The lowest BCUT2D eigenvalue weighted by atomic mass is 9.80. The lowest BCUT2D eigenvalue weighted by Gasteiger charge is -2.07. The van der Waals surface area contributed by atoms with Gasteiger partial charge in [-0.25, -0.2) is 9.59 Å². The third kappa shape index (κ3) is 6.28. The van der Waals surface area contributed by atoms with Crippen LogP contribution in [0.2, 0.25) is 0 Å². The molecule has 1 rings (SSSR count). The average Bonchev–Trinajstić information content (AvgIpc) is 2.46. The van der Waals surface area contributed by atoms with Crippen molar-refractivity contribution in [2.75, 3.05) is 0 Å². The molecule has 0 saturated carbocycles. The molecular weight excluding hydrogens is 305 g/mol. The Labute approximate surface area is 123 Å². The molecule has 0 fully saturated rings. The van der Waals surface area contributed by atoms with Crippen LogP contribution in [-0.2, 0) is 9.59 Å². The number of non-ortho nitro benzene ring substituents is 1. The molecule has 0 saturated heterocycles. The molecule has 0 spiro atoms. The van der Waals surface area contributed by atoms with Crippen LogP contribution in [0, 0.1) is 10.1 Å². The molecule has 11 nitrogen and oxygen atoms in total. The zero-order valence-electron chi connectivity index (χ0n) is 10.8. The van der Waals surface area contributed by atoms with E-state index in [9.17, 15) is 19.7 Å². The van der Waals surface area contributed by atoms with Gasteiger partial charge >= 0.3 is 19.1 Å². The highest BCUT2D eigenvalue weighted by atomic mass is 16.6. The van der Waals surface area contributed by atoms with Gasteiger partial charge in [0, 0.05) is 12.1 Å². The minimum absolute atomic E-state index is 0.115. The van der Waals surface area contributed by atoms with Crippen molar-refractivity contribution in [3.63, 3.8) is 0 Å². The normalized spacial score (nSPS) is 12.4. The Morgan fingerprint density at radius 2 is 1.55 bits per heavy atom. The maximum atomic E-state index is 10.2. The van der Waals surface area contributed by atoms with E-state index in [1.807, 2.05) is 0 Å². The van der Waals surface area contributed by atoms with Crippen molar-refractivity contribution in [3.05, 3.63) is 34.4 Å². The van der Waals surface area contributed by atoms with E-state index in [-0.39, 0.29) is 11.2 Å². The van der Waals surface area contributed by atoms with Gasteiger partial charge in [0.05, 0.1) is 4.92 Å². The van der Waals surface area contributed by atoms with Gasteiger partial charge in [0.25, 0.3) is 5.69 Å². The molecule has 0 aromatic heterocycles. The lowest BCUT2D eigenvalue weighted by Crippen LogP contribution is -2.39. The number of carboxylic acids is 2. The highest BCUT2D eigenvalue weighted by molar-refractivity contribution is 6.58. The second-order valence-corrected chi connectivity index (χ2v) is 3.79. The Bertz CT molecular complexity index is 530. The SMILES string of the molecule is O=C(O)C(O)C(O)C(=O)O.O=[N+]([O-])c1cccc(B(O)O)c1.